The van der Waals surface area contributed by atoms with Crippen molar-refractivity contribution in [2.45, 2.75) is 51.1 Å². The summed E-state index contributed by atoms with van der Waals surface area (Å²) in [4.78, 5) is 29.8. The minimum Gasteiger partial charge on any atom is -0.497 e. The smallest absolute Gasteiger partial charge is 0.264 e. The first-order valence-corrected chi connectivity index (χ1v) is 16.5. The van der Waals surface area contributed by atoms with Crippen molar-refractivity contribution >= 4 is 27.5 Å². The van der Waals surface area contributed by atoms with Crippen molar-refractivity contribution in [3.8, 4) is 5.75 Å². The number of ether oxygens (including phenoxy) is 1. The Morgan fingerprint density at radius 1 is 0.822 bits per heavy atom. The fourth-order valence-corrected chi connectivity index (χ4v) is 6.46. The highest BCUT2D eigenvalue weighted by Crippen LogP contribution is 2.27. The standard InChI is InChI=1S/C36H41N3O5S/c1-5-22-37-36(41)34(24-29-11-7-6-8-12-29)38(25-30-13-9-10-28(3)23-30)35(40)26-39(31-16-18-32(44-4)19-17-31)45(42,43)33-20-14-27(2)15-21-33/h6-21,23,34H,5,22,24-26H2,1-4H3,(H,37,41). The number of methoxy groups -OCH3 is 1. The van der Waals surface area contributed by atoms with Gasteiger partial charge in [0.05, 0.1) is 17.7 Å². The number of carbonyl (C=O) groups excluding carboxylic acids is 2. The van der Waals surface area contributed by atoms with Gasteiger partial charge >= 0.3 is 0 Å². The van der Waals surface area contributed by atoms with E-state index in [1.54, 1.807) is 36.4 Å². The van der Waals surface area contributed by atoms with Crippen LogP contribution in [-0.4, -0.2) is 51.4 Å². The Morgan fingerprint density at radius 2 is 1.49 bits per heavy atom. The second-order valence-electron chi connectivity index (χ2n) is 11.0. The monoisotopic (exact) mass is 627 g/mol. The summed E-state index contributed by atoms with van der Waals surface area (Å²) in [6.45, 7) is 5.87. The number of amides is 2. The van der Waals surface area contributed by atoms with Gasteiger partial charge in [0.2, 0.25) is 11.8 Å². The van der Waals surface area contributed by atoms with Crippen molar-refractivity contribution in [2.75, 3.05) is 24.5 Å². The van der Waals surface area contributed by atoms with Gasteiger partial charge in [-0.3, -0.25) is 13.9 Å². The van der Waals surface area contributed by atoms with Gasteiger partial charge in [0.1, 0.15) is 18.3 Å². The third-order valence-electron chi connectivity index (χ3n) is 7.50. The zero-order chi connectivity index (χ0) is 32.4. The van der Waals surface area contributed by atoms with Crippen molar-refractivity contribution in [2.24, 2.45) is 0 Å². The topological polar surface area (TPSA) is 96.0 Å². The predicted molar refractivity (Wildman–Crippen MR) is 178 cm³/mol. The number of benzene rings is 4. The zero-order valence-electron chi connectivity index (χ0n) is 26.3. The molecule has 2 amide bonds. The van der Waals surface area contributed by atoms with E-state index in [4.69, 9.17) is 4.74 Å². The van der Waals surface area contributed by atoms with Crippen LogP contribution in [0.4, 0.5) is 5.69 Å². The van der Waals surface area contributed by atoms with E-state index in [1.165, 1.54) is 24.1 Å². The van der Waals surface area contributed by atoms with Crippen molar-refractivity contribution in [3.05, 3.63) is 125 Å². The van der Waals surface area contributed by atoms with Crippen molar-refractivity contribution < 1.29 is 22.7 Å². The molecule has 0 radical (unpaired) electrons. The summed E-state index contributed by atoms with van der Waals surface area (Å²) >= 11 is 0. The van der Waals surface area contributed by atoms with Gasteiger partial charge in [0, 0.05) is 19.5 Å². The number of hydrogen-bond donors (Lipinski definition) is 1. The van der Waals surface area contributed by atoms with Gasteiger partial charge in [-0.2, -0.15) is 0 Å². The number of nitrogens with one attached hydrogen (secondary N) is 1. The minimum atomic E-state index is -4.17. The molecule has 0 heterocycles. The number of sulfonamides is 1. The fraction of sp³-hybridized carbons (Fsp3) is 0.278. The van der Waals surface area contributed by atoms with Crippen LogP contribution < -0.4 is 14.4 Å². The van der Waals surface area contributed by atoms with Crippen molar-refractivity contribution in [1.29, 1.82) is 0 Å². The van der Waals surface area contributed by atoms with E-state index in [1.807, 2.05) is 75.4 Å². The van der Waals surface area contributed by atoms with Crippen LogP contribution in [0, 0.1) is 13.8 Å². The summed E-state index contributed by atoms with van der Waals surface area (Å²) in [6.07, 6.45) is 0.997. The Morgan fingerprint density at radius 3 is 2.11 bits per heavy atom. The predicted octanol–water partition coefficient (Wildman–Crippen LogP) is 5.67. The van der Waals surface area contributed by atoms with Crippen molar-refractivity contribution in [1.82, 2.24) is 10.2 Å². The second kappa shape index (κ2) is 15.4. The van der Waals surface area contributed by atoms with Gasteiger partial charge in [-0.25, -0.2) is 8.42 Å². The molecule has 8 nitrogen and oxygen atoms in total. The molecule has 1 atom stereocenters. The molecule has 4 aromatic rings. The number of hydrogen-bond acceptors (Lipinski definition) is 5. The molecule has 1 N–H and O–H groups in total. The molecule has 0 fully saturated rings. The summed E-state index contributed by atoms with van der Waals surface area (Å²) in [7, 11) is -2.65. The largest absolute Gasteiger partial charge is 0.497 e. The van der Waals surface area contributed by atoms with Gasteiger partial charge < -0.3 is 15.0 Å². The summed E-state index contributed by atoms with van der Waals surface area (Å²) in [5.41, 5.74) is 3.94. The highest BCUT2D eigenvalue weighted by Gasteiger charge is 2.34. The molecule has 0 aliphatic rings. The maximum absolute atomic E-state index is 14.5. The highest BCUT2D eigenvalue weighted by atomic mass is 32.2. The summed E-state index contributed by atoms with van der Waals surface area (Å²) in [5.74, 6) is -0.246. The first-order chi connectivity index (χ1) is 21.6. The van der Waals surface area contributed by atoms with Crippen LogP contribution in [0.15, 0.2) is 108 Å². The van der Waals surface area contributed by atoms with E-state index >= 15 is 0 Å². The van der Waals surface area contributed by atoms with E-state index < -0.39 is 28.5 Å². The number of aryl methyl sites for hydroxylation is 2. The molecule has 45 heavy (non-hydrogen) atoms. The molecule has 0 aromatic heterocycles. The first-order valence-electron chi connectivity index (χ1n) is 15.0. The quantitative estimate of drug-likeness (QED) is 0.194. The van der Waals surface area contributed by atoms with Gasteiger partial charge in [0.15, 0.2) is 0 Å². The molecule has 236 valence electrons. The van der Waals surface area contributed by atoms with E-state index in [2.05, 4.69) is 5.32 Å². The Kier molecular flexibility index (Phi) is 11.4. The van der Waals surface area contributed by atoms with Crippen LogP contribution in [0.5, 0.6) is 5.75 Å². The Labute approximate surface area is 266 Å². The Bertz CT molecular complexity index is 1670. The number of rotatable bonds is 14. The van der Waals surface area contributed by atoms with Gasteiger partial charge in [0.25, 0.3) is 10.0 Å². The normalized spacial score (nSPS) is 11.8. The summed E-state index contributed by atoms with van der Waals surface area (Å²) in [5, 5.41) is 2.97. The molecular formula is C36H41N3O5S. The average molecular weight is 628 g/mol. The molecule has 9 heteroatoms. The van der Waals surface area contributed by atoms with E-state index in [0.29, 0.717) is 18.0 Å². The number of nitrogens with zero attached hydrogens (tertiary/aromatic N) is 2. The molecule has 1 unspecified atom stereocenters. The van der Waals surface area contributed by atoms with E-state index in [0.717, 1.165) is 33.0 Å². The van der Waals surface area contributed by atoms with Gasteiger partial charge in [-0.1, -0.05) is 84.8 Å². The van der Waals surface area contributed by atoms with Gasteiger partial charge in [-0.15, -0.1) is 0 Å². The SMILES string of the molecule is CCCNC(=O)C(Cc1ccccc1)N(Cc1cccc(C)c1)C(=O)CN(c1ccc(OC)cc1)S(=O)(=O)c1ccc(C)cc1. The van der Waals surface area contributed by atoms with Crippen LogP contribution in [0.1, 0.15) is 35.6 Å². The Balaban J connectivity index is 1.80. The zero-order valence-corrected chi connectivity index (χ0v) is 27.1. The van der Waals surface area contributed by atoms with Crippen LogP contribution >= 0.6 is 0 Å². The van der Waals surface area contributed by atoms with Crippen LogP contribution in [0.3, 0.4) is 0 Å². The lowest BCUT2D eigenvalue weighted by Gasteiger charge is -2.34. The van der Waals surface area contributed by atoms with Gasteiger partial charge in [-0.05, 0) is 67.8 Å². The molecule has 4 rings (SSSR count). The summed E-state index contributed by atoms with van der Waals surface area (Å²) < 4.78 is 34.7. The molecule has 0 saturated heterocycles. The van der Waals surface area contributed by atoms with Crippen molar-refractivity contribution in [3.63, 3.8) is 0 Å². The molecular weight excluding hydrogens is 586 g/mol. The fourth-order valence-electron chi connectivity index (χ4n) is 5.04. The molecule has 0 spiro atoms. The number of carbonyl (C=O) groups is 2. The average Bonchev–Trinajstić information content (AvgIpc) is 3.04. The lowest BCUT2D eigenvalue weighted by atomic mass is 10.0. The molecule has 0 bridgehead atoms. The molecule has 4 aromatic carbocycles. The maximum atomic E-state index is 14.5. The molecule has 0 aliphatic carbocycles. The number of anilines is 1. The summed E-state index contributed by atoms with van der Waals surface area (Å²) in [6, 6.07) is 29.4. The molecule has 0 aliphatic heterocycles. The lowest BCUT2D eigenvalue weighted by Crippen LogP contribution is -2.53. The van der Waals surface area contributed by atoms with Crippen LogP contribution in [-0.2, 0) is 32.6 Å². The second-order valence-corrected chi connectivity index (χ2v) is 12.9. The lowest BCUT2D eigenvalue weighted by molar-refractivity contribution is -0.140. The maximum Gasteiger partial charge on any atom is 0.264 e. The third-order valence-corrected chi connectivity index (χ3v) is 9.29. The minimum absolute atomic E-state index is 0.0588. The van der Waals surface area contributed by atoms with Crippen LogP contribution in [0.25, 0.3) is 0 Å². The highest BCUT2D eigenvalue weighted by molar-refractivity contribution is 7.92. The Hall–Kier alpha value is -4.63. The van der Waals surface area contributed by atoms with E-state index in [-0.39, 0.29) is 23.8 Å². The van der Waals surface area contributed by atoms with Crippen LogP contribution in [0.2, 0.25) is 0 Å². The molecule has 0 saturated carbocycles. The van der Waals surface area contributed by atoms with E-state index in [9.17, 15) is 18.0 Å². The third kappa shape index (κ3) is 8.73. The first kappa shape index (κ1) is 33.3.